The van der Waals surface area contributed by atoms with Crippen LogP contribution in [0.4, 0.5) is 0 Å². The average Bonchev–Trinajstić information content (AvgIpc) is 1.77. The van der Waals surface area contributed by atoms with Crippen LogP contribution in [0.5, 0.6) is 0 Å². The van der Waals surface area contributed by atoms with E-state index in [2.05, 4.69) is 10.8 Å². The first-order valence-electron chi connectivity index (χ1n) is 2.49. The summed E-state index contributed by atoms with van der Waals surface area (Å²) in [4.78, 5) is 0. The van der Waals surface area contributed by atoms with Crippen molar-refractivity contribution in [2.75, 3.05) is 6.61 Å². The summed E-state index contributed by atoms with van der Waals surface area (Å²) in [5, 5.41) is 0. The van der Waals surface area contributed by atoms with E-state index in [0.717, 1.165) is 0 Å². The van der Waals surface area contributed by atoms with E-state index in [1.54, 1.807) is 0 Å². The van der Waals surface area contributed by atoms with Gasteiger partial charge >= 0.3 is 50.4 Å². The SMILES string of the molecule is C=CCOS(=O)(=O)O.O=S(=O)(O)O.[NaH]. The van der Waals surface area contributed by atoms with Crippen LogP contribution in [-0.4, -0.2) is 66.7 Å². The van der Waals surface area contributed by atoms with Crippen LogP contribution in [0.15, 0.2) is 12.7 Å². The predicted octanol–water partition coefficient (Wildman–Crippen LogP) is -1.31. The second-order valence-electron chi connectivity index (χ2n) is 1.45. The van der Waals surface area contributed by atoms with Gasteiger partial charge in [0.2, 0.25) is 0 Å². The molecule has 0 heterocycles. The summed E-state index contributed by atoms with van der Waals surface area (Å²) in [6.07, 6.45) is 1.22. The molecule has 3 N–H and O–H groups in total. The van der Waals surface area contributed by atoms with Gasteiger partial charge in [-0.25, -0.2) is 4.18 Å². The summed E-state index contributed by atoms with van der Waals surface area (Å²) in [6, 6.07) is 0. The third kappa shape index (κ3) is 54.8. The van der Waals surface area contributed by atoms with Crippen LogP contribution in [-0.2, 0) is 25.0 Å². The second kappa shape index (κ2) is 8.76. The fourth-order valence-electron chi connectivity index (χ4n) is 0.134. The van der Waals surface area contributed by atoms with Gasteiger partial charge in [-0.15, -0.1) is 6.58 Å². The molecule has 0 aliphatic heterocycles. The van der Waals surface area contributed by atoms with E-state index in [4.69, 9.17) is 22.1 Å². The Labute approximate surface area is 104 Å². The monoisotopic (exact) mass is 260 g/mol. The molecule has 11 heteroatoms. The molecule has 0 spiro atoms. The number of hydrogen-bond donors (Lipinski definition) is 3. The van der Waals surface area contributed by atoms with Gasteiger partial charge in [-0.2, -0.15) is 16.8 Å². The molecule has 0 aliphatic rings. The van der Waals surface area contributed by atoms with Crippen molar-refractivity contribution in [1.82, 2.24) is 0 Å². The van der Waals surface area contributed by atoms with Gasteiger partial charge in [0.05, 0.1) is 6.61 Å². The molecule has 0 saturated heterocycles. The van der Waals surface area contributed by atoms with Crippen LogP contribution in [0.1, 0.15) is 0 Å². The van der Waals surface area contributed by atoms with Crippen molar-refractivity contribution in [2.24, 2.45) is 0 Å². The fraction of sp³-hybridized carbons (Fsp3) is 0.333. The van der Waals surface area contributed by atoms with Crippen molar-refractivity contribution < 1.29 is 34.7 Å². The Kier molecular flexibility index (Phi) is 12.5. The van der Waals surface area contributed by atoms with Gasteiger partial charge < -0.3 is 0 Å². The van der Waals surface area contributed by atoms with E-state index in [-0.39, 0.29) is 36.2 Å². The van der Waals surface area contributed by atoms with E-state index in [9.17, 15) is 8.42 Å². The first-order chi connectivity index (χ1) is 5.56. The van der Waals surface area contributed by atoms with Crippen molar-refractivity contribution in [3.8, 4) is 0 Å². The Balaban J connectivity index is -0.000000177. The first-order valence-corrected chi connectivity index (χ1v) is 5.25. The summed E-state index contributed by atoms with van der Waals surface area (Å²) in [5.74, 6) is 0. The zero-order valence-corrected chi connectivity index (χ0v) is 7.82. The van der Waals surface area contributed by atoms with Crippen molar-refractivity contribution in [1.29, 1.82) is 0 Å². The van der Waals surface area contributed by atoms with Crippen LogP contribution in [0.2, 0.25) is 0 Å². The summed E-state index contributed by atoms with van der Waals surface area (Å²) in [5.41, 5.74) is 0. The molecule has 0 rings (SSSR count). The van der Waals surface area contributed by atoms with E-state index >= 15 is 0 Å². The van der Waals surface area contributed by atoms with Gasteiger partial charge in [0.15, 0.2) is 0 Å². The quantitative estimate of drug-likeness (QED) is 0.323. The Morgan fingerprint density at radius 3 is 1.50 bits per heavy atom. The maximum atomic E-state index is 9.68. The van der Waals surface area contributed by atoms with Crippen LogP contribution in [0, 0.1) is 0 Å². The number of rotatable bonds is 3. The van der Waals surface area contributed by atoms with Gasteiger partial charge in [-0.05, 0) is 0 Å². The van der Waals surface area contributed by atoms with Gasteiger partial charge in [0.1, 0.15) is 0 Å². The van der Waals surface area contributed by atoms with Gasteiger partial charge in [-0.3, -0.25) is 13.7 Å². The molecule has 0 fully saturated rings. The van der Waals surface area contributed by atoms with Crippen molar-refractivity contribution in [2.45, 2.75) is 0 Å². The third-order valence-electron chi connectivity index (χ3n) is 0.335. The summed E-state index contributed by atoms with van der Waals surface area (Å²) < 4.78 is 62.6. The summed E-state index contributed by atoms with van der Waals surface area (Å²) in [6.45, 7) is 2.97. The molecule has 0 bridgehead atoms. The molecule has 0 radical (unpaired) electrons. The minimum atomic E-state index is -4.67. The van der Waals surface area contributed by atoms with E-state index in [1.165, 1.54) is 6.08 Å². The molecule has 0 unspecified atom stereocenters. The molecule has 82 valence electrons. The summed E-state index contributed by atoms with van der Waals surface area (Å²) in [7, 11) is -8.92. The Bertz CT molecular complexity index is 320. The summed E-state index contributed by atoms with van der Waals surface area (Å²) >= 11 is 0. The Hall–Kier alpha value is 0.480. The van der Waals surface area contributed by atoms with E-state index in [0.29, 0.717) is 0 Å². The van der Waals surface area contributed by atoms with E-state index < -0.39 is 20.8 Å². The molecule has 0 aromatic heterocycles. The maximum absolute atomic E-state index is 9.68. The molecule has 0 saturated carbocycles. The minimum absolute atomic E-state index is 0. The second-order valence-corrected chi connectivity index (χ2v) is 3.44. The van der Waals surface area contributed by atoms with Crippen LogP contribution >= 0.6 is 0 Å². The molecule has 0 amide bonds. The molecule has 14 heavy (non-hydrogen) atoms. The molecular weight excluding hydrogens is 251 g/mol. The van der Waals surface area contributed by atoms with Gasteiger partial charge in [-0.1, -0.05) is 6.08 Å². The standard InChI is InChI=1S/C3H6O4S.Na.H2O4S.H/c1-2-3-7-8(4,5)6;;1-5(2,3)4;/h2H,1,3H2,(H,4,5,6);;(H2,1,2,3,4);. The van der Waals surface area contributed by atoms with Crippen LogP contribution in [0.25, 0.3) is 0 Å². The van der Waals surface area contributed by atoms with Crippen LogP contribution < -0.4 is 0 Å². The normalized spacial score (nSPS) is 10.5. The van der Waals surface area contributed by atoms with Crippen molar-refractivity contribution in [3.05, 3.63) is 12.7 Å². The van der Waals surface area contributed by atoms with Crippen molar-refractivity contribution in [3.63, 3.8) is 0 Å². The third-order valence-corrected chi connectivity index (χ3v) is 0.769. The van der Waals surface area contributed by atoms with Crippen LogP contribution in [0.3, 0.4) is 0 Å². The average molecular weight is 260 g/mol. The molecule has 0 aromatic carbocycles. The molecule has 0 aromatic rings. The van der Waals surface area contributed by atoms with E-state index in [1.807, 2.05) is 0 Å². The first kappa shape index (κ1) is 20.0. The zero-order valence-electron chi connectivity index (χ0n) is 6.19. The molecule has 0 aliphatic carbocycles. The number of hydrogen-bond acceptors (Lipinski definition) is 5. The fourth-order valence-corrected chi connectivity index (χ4v) is 0.402. The Morgan fingerprint density at radius 1 is 1.14 bits per heavy atom. The van der Waals surface area contributed by atoms with Gasteiger partial charge in [0, 0.05) is 0 Å². The topological polar surface area (TPSA) is 138 Å². The molecule has 8 nitrogen and oxygen atoms in total. The molecular formula is C3H9NaO8S2. The predicted molar refractivity (Wildman–Crippen MR) is 49.0 cm³/mol. The van der Waals surface area contributed by atoms with Crippen molar-refractivity contribution >= 4 is 50.4 Å². The zero-order chi connectivity index (χ0) is 11.1. The Morgan fingerprint density at radius 2 is 1.43 bits per heavy atom. The molecule has 0 atom stereocenters. The van der Waals surface area contributed by atoms with Gasteiger partial charge in [0.25, 0.3) is 0 Å².